The molecule has 2 aliphatic rings. The lowest BCUT2D eigenvalue weighted by atomic mass is 9.98. The van der Waals surface area contributed by atoms with Crippen LogP contribution in [0.4, 0.5) is 0 Å². The van der Waals surface area contributed by atoms with E-state index in [4.69, 9.17) is 16.6 Å². The number of piperazine rings is 1. The number of aryl methyl sites for hydroxylation is 2. The number of nitrogens with zero attached hydrogens (tertiary/aromatic N) is 6. The number of aromatic nitrogens is 3. The minimum absolute atomic E-state index is 0.114. The molecule has 37 heavy (non-hydrogen) atoms. The van der Waals surface area contributed by atoms with E-state index in [9.17, 15) is 4.79 Å². The van der Waals surface area contributed by atoms with E-state index in [1.165, 1.54) is 10.4 Å². The van der Waals surface area contributed by atoms with Crippen LogP contribution in [0.2, 0.25) is 5.02 Å². The van der Waals surface area contributed by atoms with Gasteiger partial charge in [-0.15, -0.1) is 21.5 Å². The summed E-state index contributed by atoms with van der Waals surface area (Å²) in [4.78, 5) is 24.6. The predicted molar refractivity (Wildman–Crippen MR) is 150 cm³/mol. The van der Waals surface area contributed by atoms with Gasteiger partial charge in [-0.1, -0.05) is 30.7 Å². The van der Waals surface area contributed by atoms with Crippen molar-refractivity contribution in [2.24, 2.45) is 4.99 Å². The summed E-state index contributed by atoms with van der Waals surface area (Å²) >= 11 is 7.93. The Morgan fingerprint density at radius 2 is 1.76 bits per heavy atom. The maximum absolute atomic E-state index is 13.6. The first-order valence-electron chi connectivity index (χ1n) is 13.0. The Kier molecular flexibility index (Phi) is 7.02. The van der Waals surface area contributed by atoms with Gasteiger partial charge in [0.05, 0.1) is 12.1 Å². The number of fused-ring (bicyclic) bond motifs is 3. The first kappa shape index (κ1) is 26.1. The van der Waals surface area contributed by atoms with Crippen LogP contribution in [0.15, 0.2) is 29.3 Å². The fourth-order valence-corrected chi connectivity index (χ4v) is 6.55. The Morgan fingerprint density at radius 1 is 1.08 bits per heavy atom. The number of hydrogen-bond acceptors (Lipinski definition) is 6. The molecule has 3 aromatic rings. The van der Waals surface area contributed by atoms with Gasteiger partial charge in [0.2, 0.25) is 5.91 Å². The van der Waals surface area contributed by atoms with Crippen LogP contribution in [0.25, 0.3) is 5.00 Å². The van der Waals surface area contributed by atoms with Crippen LogP contribution in [0.1, 0.15) is 72.9 Å². The number of rotatable bonds is 5. The molecule has 196 valence electrons. The number of aliphatic imine (C=N–C) groups is 1. The molecule has 1 fully saturated rings. The van der Waals surface area contributed by atoms with Crippen LogP contribution in [0, 0.1) is 20.8 Å². The van der Waals surface area contributed by atoms with Gasteiger partial charge in [0, 0.05) is 52.7 Å². The quantitative estimate of drug-likeness (QED) is 0.429. The topological polar surface area (TPSA) is 66.6 Å². The molecule has 0 unspecified atom stereocenters. The van der Waals surface area contributed by atoms with Gasteiger partial charge in [-0.3, -0.25) is 19.3 Å². The van der Waals surface area contributed by atoms with Crippen molar-refractivity contribution >= 4 is 34.6 Å². The van der Waals surface area contributed by atoms with Crippen molar-refractivity contribution in [2.75, 3.05) is 26.2 Å². The van der Waals surface area contributed by atoms with Crippen molar-refractivity contribution < 1.29 is 4.79 Å². The second-order valence-electron chi connectivity index (χ2n) is 10.6. The average Bonchev–Trinajstić information content (AvgIpc) is 3.36. The van der Waals surface area contributed by atoms with E-state index in [0.717, 1.165) is 66.1 Å². The molecule has 4 heterocycles. The minimum atomic E-state index is -0.427. The van der Waals surface area contributed by atoms with Gasteiger partial charge in [-0.25, -0.2) is 0 Å². The van der Waals surface area contributed by atoms with E-state index >= 15 is 0 Å². The first-order valence-corrected chi connectivity index (χ1v) is 14.2. The monoisotopic (exact) mass is 538 g/mol. The number of benzene rings is 1. The smallest absolute Gasteiger partial charge is 0.225 e. The predicted octanol–water partition coefficient (Wildman–Crippen LogP) is 5.52. The summed E-state index contributed by atoms with van der Waals surface area (Å²) < 4.78 is 2.10. The van der Waals surface area contributed by atoms with Gasteiger partial charge in [0.15, 0.2) is 5.82 Å². The molecule has 0 bridgehead atoms. The van der Waals surface area contributed by atoms with Gasteiger partial charge in [0.25, 0.3) is 0 Å². The molecule has 0 saturated carbocycles. The third kappa shape index (κ3) is 4.75. The summed E-state index contributed by atoms with van der Waals surface area (Å²) in [6.07, 6.45) is 1.35. The zero-order valence-electron chi connectivity index (χ0n) is 22.5. The van der Waals surface area contributed by atoms with E-state index in [-0.39, 0.29) is 17.9 Å². The Hall–Kier alpha value is -2.55. The molecule has 1 aromatic carbocycles. The molecule has 1 amide bonds. The highest BCUT2D eigenvalue weighted by atomic mass is 35.5. The lowest BCUT2D eigenvalue weighted by molar-refractivity contribution is -0.134. The molecule has 7 nitrogen and oxygen atoms in total. The standard InChI is InChI=1S/C28H35ClN6OS/c1-7-28(5,6)34-14-12-33(13-15-34)23(36)16-22-26-32-31-19(4)35(26)27-24(17(2)18(3)37-27)25(30-22)20-8-10-21(29)11-9-20/h8-11,22H,7,12-16H2,1-6H3/t22-/m0/s1. The number of carbonyl (C=O) groups excluding carboxylic acids is 1. The number of hydrogen-bond donors (Lipinski definition) is 0. The number of carbonyl (C=O) groups is 1. The van der Waals surface area contributed by atoms with Gasteiger partial charge in [0.1, 0.15) is 16.9 Å². The highest BCUT2D eigenvalue weighted by Crippen LogP contribution is 2.39. The fourth-order valence-electron chi connectivity index (χ4n) is 5.21. The Labute approximate surface area is 228 Å². The van der Waals surface area contributed by atoms with Crippen LogP contribution in [-0.4, -0.2) is 67.9 Å². The molecule has 0 aliphatic carbocycles. The van der Waals surface area contributed by atoms with E-state index in [0.29, 0.717) is 5.02 Å². The summed E-state index contributed by atoms with van der Waals surface area (Å²) in [6.45, 7) is 16.3. The van der Waals surface area contributed by atoms with Crippen molar-refractivity contribution in [1.82, 2.24) is 24.6 Å². The highest BCUT2D eigenvalue weighted by Gasteiger charge is 2.35. The van der Waals surface area contributed by atoms with Crippen molar-refractivity contribution in [3.8, 4) is 5.00 Å². The largest absolute Gasteiger partial charge is 0.340 e. The normalized spacial score (nSPS) is 18.3. The van der Waals surface area contributed by atoms with Gasteiger partial charge in [-0.2, -0.15) is 0 Å². The molecule has 2 aliphatic heterocycles. The average molecular weight is 539 g/mol. The molecule has 5 rings (SSSR count). The van der Waals surface area contributed by atoms with Crippen molar-refractivity contribution in [2.45, 2.75) is 66.0 Å². The second-order valence-corrected chi connectivity index (χ2v) is 12.3. The fraction of sp³-hybridized carbons (Fsp3) is 0.500. The lowest BCUT2D eigenvalue weighted by Crippen LogP contribution is -2.55. The van der Waals surface area contributed by atoms with Gasteiger partial charge in [-0.05, 0) is 58.7 Å². The van der Waals surface area contributed by atoms with Crippen molar-refractivity contribution in [3.63, 3.8) is 0 Å². The maximum atomic E-state index is 13.6. The highest BCUT2D eigenvalue weighted by molar-refractivity contribution is 7.15. The number of thiophene rings is 1. The summed E-state index contributed by atoms with van der Waals surface area (Å²) in [6, 6.07) is 7.36. The zero-order chi connectivity index (χ0) is 26.5. The summed E-state index contributed by atoms with van der Waals surface area (Å²) in [5.74, 6) is 1.64. The maximum Gasteiger partial charge on any atom is 0.225 e. The van der Waals surface area contributed by atoms with Gasteiger partial charge >= 0.3 is 0 Å². The Bertz CT molecular complexity index is 1350. The zero-order valence-corrected chi connectivity index (χ0v) is 24.1. The third-order valence-corrected chi connectivity index (χ3v) is 9.52. The molecule has 1 atom stereocenters. The molecule has 0 N–H and O–H groups in total. The van der Waals surface area contributed by atoms with Crippen LogP contribution >= 0.6 is 22.9 Å². The van der Waals surface area contributed by atoms with E-state index in [2.05, 4.69) is 54.3 Å². The number of halogens is 1. The first-order chi connectivity index (χ1) is 17.6. The number of amides is 1. The summed E-state index contributed by atoms with van der Waals surface area (Å²) in [5.41, 5.74) is 4.28. The van der Waals surface area contributed by atoms with Crippen LogP contribution in [0.5, 0.6) is 0 Å². The van der Waals surface area contributed by atoms with E-state index < -0.39 is 6.04 Å². The summed E-state index contributed by atoms with van der Waals surface area (Å²) in [5, 5.41) is 10.7. The SMILES string of the molecule is CCC(C)(C)N1CCN(C(=O)C[C@@H]2N=C(c3ccc(Cl)cc3)c3c(sc(C)c3C)-n3c(C)nnc32)CC1. The Balaban J connectivity index is 1.51. The van der Waals surface area contributed by atoms with Crippen molar-refractivity contribution in [3.05, 3.63) is 62.5 Å². The second kappa shape index (κ2) is 9.97. The van der Waals surface area contributed by atoms with E-state index in [1.807, 2.05) is 36.1 Å². The molecule has 0 spiro atoms. The van der Waals surface area contributed by atoms with Gasteiger partial charge < -0.3 is 4.90 Å². The summed E-state index contributed by atoms with van der Waals surface area (Å²) in [7, 11) is 0. The molecular weight excluding hydrogens is 504 g/mol. The third-order valence-electron chi connectivity index (χ3n) is 8.08. The van der Waals surface area contributed by atoms with E-state index in [1.54, 1.807) is 11.3 Å². The molecule has 9 heteroatoms. The molecule has 0 radical (unpaired) electrons. The van der Waals surface area contributed by atoms with Crippen LogP contribution in [-0.2, 0) is 4.79 Å². The van der Waals surface area contributed by atoms with Crippen molar-refractivity contribution in [1.29, 1.82) is 0 Å². The minimum Gasteiger partial charge on any atom is -0.340 e. The molecule has 1 saturated heterocycles. The molecule has 2 aromatic heterocycles. The Morgan fingerprint density at radius 3 is 2.41 bits per heavy atom. The van der Waals surface area contributed by atoms with Crippen LogP contribution in [0.3, 0.4) is 0 Å². The lowest BCUT2D eigenvalue weighted by Gasteiger charge is -2.43. The molecular formula is C28H35ClN6OS. The van der Waals surface area contributed by atoms with Crippen LogP contribution < -0.4 is 0 Å².